The Kier molecular flexibility index (Phi) is 5.25. The zero-order valence-electron chi connectivity index (χ0n) is 13.8. The van der Waals surface area contributed by atoms with Crippen molar-refractivity contribution in [2.45, 2.75) is 65.1 Å². The van der Waals surface area contributed by atoms with Gasteiger partial charge in [-0.3, -0.25) is 9.59 Å². The third-order valence-electron chi connectivity index (χ3n) is 5.06. The molecule has 2 aliphatic rings. The van der Waals surface area contributed by atoms with E-state index in [2.05, 4.69) is 33.0 Å². The van der Waals surface area contributed by atoms with Gasteiger partial charge < -0.3 is 15.1 Å². The maximum absolute atomic E-state index is 12.7. The first-order valence-corrected chi connectivity index (χ1v) is 8.29. The summed E-state index contributed by atoms with van der Waals surface area (Å²) in [6, 6.07) is 0.762. The Morgan fingerprint density at radius 2 is 2.14 bits per heavy atom. The third kappa shape index (κ3) is 3.39. The second kappa shape index (κ2) is 6.77. The number of hydrogen-bond donors (Lipinski definition) is 1. The quantitative estimate of drug-likeness (QED) is 0.849. The van der Waals surface area contributed by atoms with Crippen LogP contribution in [0.3, 0.4) is 0 Å². The molecule has 2 aliphatic heterocycles. The molecule has 0 radical (unpaired) electrons. The van der Waals surface area contributed by atoms with Crippen molar-refractivity contribution in [2.24, 2.45) is 5.92 Å². The molecule has 0 aromatic rings. The van der Waals surface area contributed by atoms with E-state index in [1.54, 1.807) is 0 Å². The van der Waals surface area contributed by atoms with Crippen LogP contribution in [0, 0.1) is 5.92 Å². The molecule has 0 aliphatic carbocycles. The molecule has 0 spiro atoms. The first kappa shape index (κ1) is 16.3. The average Bonchev–Trinajstić information content (AvgIpc) is 2.83. The number of carbonyl (C=O) groups is 2. The number of rotatable bonds is 4. The van der Waals surface area contributed by atoms with Crippen LogP contribution in [-0.4, -0.2) is 59.4 Å². The molecular formula is C16H29N3O2. The van der Waals surface area contributed by atoms with Crippen LogP contribution in [0.1, 0.15) is 47.0 Å². The number of carbonyl (C=O) groups excluding carboxylic acids is 2. The SMILES string of the molecule is CCCC(C)N1CC(C(=O)N2CCNC(C)C2C)CC1=O. The first-order chi connectivity index (χ1) is 9.95. The summed E-state index contributed by atoms with van der Waals surface area (Å²) in [7, 11) is 0. The van der Waals surface area contributed by atoms with Crippen LogP contribution in [-0.2, 0) is 9.59 Å². The van der Waals surface area contributed by atoms with Crippen LogP contribution in [0.2, 0.25) is 0 Å². The van der Waals surface area contributed by atoms with Gasteiger partial charge >= 0.3 is 0 Å². The Hall–Kier alpha value is -1.10. The van der Waals surface area contributed by atoms with Gasteiger partial charge in [-0.2, -0.15) is 0 Å². The molecule has 21 heavy (non-hydrogen) atoms. The van der Waals surface area contributed by atoms with Crippen molar-refractivity contribution >= 4 is 11.8 Å². The van der Waals surface area contributed by atoms with Gasteiger partial charge in [0.15, 0.2) is 0 Å². The molecule has 0 saturated carbocycles. The van der Waals surface area contributed by atoms with E-state index in [0.717, 1.165) is 25.9 Å². The Labute approximate surface area is 128 Å². The molecule has 0 aromatic heterocycles. The van der Waals surface area contributed by atoms with Gasteiger partial charge in [0.2, 0.25) is 11.8 Å². The van der Waals surface area contributed by atoms with Crippen molar-refractivity contribution in [3.8, 4) is 0 Å². The molecule has 5 nitrogen and oxygen atoms in total. The Morgan fingerprint density at radius 3 is 2.81 bits per heavy atom. The van der Waals surface area contributed by atoms with Crippen molar-refractivity contribution in [3.05, 3.63) is 0 Å². The largest absolute Gasteiger partial charge is 0.339 e. The number of likely N-dealkylation sites (tertiary alicyclic amines) is 1. The Morgan fingerprint density at radius 1 is 1.43 bits per heavy atom. The van der Waals surface area contributed by atoms with Gasteiger partial charge in [0.05, 0.1) is 5.92 Å². The maximum Gasteiger partial charge on any atom is 0.228 e. The molecule has 2 fully saturated rings. The van der Waals surface area contributed by atoms with Crippen LogP contribution in [0.15, 0.2) is 0 Å². The minimum atomic E-state index is -0.149. The first-order valence-electron chi connectivity index (χ1n) is 8.29. The highest BCUT2D eigenvalue weighted by Crippen LogP contribution is 2.25. The maximum atomic E-state index is 12.7. The van der Waals surface area contributed by atoms with Crippen molar-refractivity contribution in [1.29, 1.82) is 0 Å². The van der Waals surface area contributed by atoms with E-state index in [0.29, 0.717) is 19.0 Å². The molecule has 2 amide bonds. The summed E-state index contributed by atoms with van der Waals surface area (Å²) in [5, 5.41) is 3.39. The van der Waals surface area contributed by atoms with Gasteiger partial charge in [-0.05, 0) is 27.2 Å². The van der Waals surface area contributed by atoms with E-state index in [4.69, 9.17) is 0 Å². The molecular weight excluding hydrogens is 266 g/mol. The fraction of sp³-hybridized carbons (Fsp3) is 0.875. The van der Waals surface area contributed by atoms with E-state index >= 15 is 0 Å². The number of piperazine rings is 1. The highest BCUT2D eigenvalue weighted by Gasteiger charge is 2.40. The van der Waals surface area contributed by atoms with Gasteiger partial charge in [-0.15, -0.1) is 0 Å². The molecule has 2 saturated heterocycles. The second-order valence-electron chi connectivity index (χ2n) is 6.60. The van der Waals surface area contributed by atoms with Crippen LogP contribution in [0.25, 0.3) is 0 Å². The molecule has 4 unspecified atom stereocenters. The van der Waals surface area contributed by atoms with Gasteiger partial charge in [0.25, 0.3) is 0 Å². The highest BCUT2D eigenvalue weighted by atomic mass is 16.2. The smallest absolute Gasteiger partial charge is 0.228 e. The Balaban J connectivity index is 1.99. The van der Waals surface area contributed by atoms with Crippen molar-refractivity contribution in [3.63, 3.8) is 0 Å². The number of hydrogen-bond acceptors (Lipinski definition) is 3. The van der Waals surface area contributed by atoms with E-state index < -0.39 is 0 Å². The van der Waals surface area contributed by atoms with Crippen molar-refractivity contribution in [1.82, 2.24) is 15.1 Å². The average molecular weight is 295 g/mol. The minimum absolute atomic E-state index is 0.144. The van der Waals surface area contributed by atoms with Gasteiger partial charge in [0, 0.05) is 44.2 Å². The third-order valence-corrected chi connectivity index (χ3v) is 5.06. The summed E-state index contributed by atoms with van der Waals surface area (Å²) in [5.74, 6) is 0.157. The summed E-state index contributed by atoms with van der Waals surface area (Å²) in [6.45, 7) is 10.6. The fourth-order valence-corrected chi connectivity index (χ4v) is 3.50. The lowest BCUT2D eigenvalue weighted by Gasteiger charge is -2.39. The monoisotopic (exact) mass is 295 g/mol. The van der Waals surface area contributed by atoms with Gasteiger partial charge in [-0.25, -0.2) is 0 Å². The van der Waals surface area contributed by atoms with Crippen LogP contribution < -0.4 is 5.32 Å². The molecule has 2 heterocycles. The molecule has 0 bridgehead atoms. The van der Waals surface area contributed by atoms with Crippen LogP contribution >= 0.6 is 0 Å². The van der Waals surface area contributed by atoms with Crippen molar-refractivity contribution in [2.75, 3.05) is 19.6 Å². The van der Waals surface area contributed by atoms with Crippen LogP contribution in [0.4, 0.5) is 0 Å². The van der Waals surface area contributed by atoms with Gasteiger partial charge in [0.1, 0.15) is 0 Å². The zero-order chi connectivity index (χ0) is 15.6. The fourth-order valence-electron chi connectivity index (χ4n) is 3.50. The summed E-state index contributed by atoms with van der Waals surface area (Å²) >= 11 is 0. The summed E-state index contributed by atoms with van der Waals surface area (Å²) < 4.78 is 0. The molecule has 5 heteroatoms. The number of amides is 2. The topological polar surface area (TPSA) is 52.7 Å². The summed E-state index contributed by atoms with van der Waals surface area (Å²) in [6.07, 6.45) is 2.46. The predicted octanol–water partition coefficient (Wildman–Crippen LogP) is 1.23. The molecule has 1 N–H and O–H groups in total. The molecule has 120 valence electrons. The highest BCUT2D eigenvalue weighted by molar-refractivity contribution is 5.89. The van der Waals surface area contributed by atoms with E-state index in [1.165, 1.54) is 0 Å². The molecule has 2 rings (SSSR count). The Bertz CT molecular complexity index is 399. The minimum Gasteiger partial charge on any atom is -0.339 e. The lowest BCUT2D eigenvalue weighted by molar-refractivity contribution is -0.139. The molecule has 0 aromatic carbocycles. The van der Waals surface area contributed by atoms with E-state index in [9.17, 15) is 9.59 Å². The standard InChI is InChI=1S/C16H29N3O2/c1-5-6-11(2)19-10-14(9-15(19)20)16(21)18-8-7-17-12(3)13(18)4/h11-14,17H,5-10H2,1-4H3. The predicted molar refractivity (Wildman–Crippen MR) is 82.8 cm³/mol. The summed E-state index contributed by atoms with van der Waals surface area (Å²) in [4.78, 5) is 28.8. The van der Waals surface area contributed by atoms with E-state index in [-0.39, 0.29) is 29.8 Å². The lowest BCUT2D eigenvalue weighted by atomic mass is 10.0. The number of nitrogens with one attached hydrogen (secondary N) is 1. The summed E-state index contributed by atoms with van der Waals surface area (Å²) in [5.41, 5.74) is 0. The van der Waals surface area contributed by atoms with E-state index in [1.807, 2.05) is 9.80 Å². The van der Waals surface area contributed by atoms with Gasteiger partial charge in [-0.1, -0.05) is 13.3 Å². The lowest BCUT2D eigenvalue weighted by Crippen LogP contribution is -2.58. The normalized spacial score (nSPS) is 31.6. The zero-order valence-corrected chi connectivity index (χ0v) is 13.8. The van der Waals surface area contributed by atoms with Crippen molar-refractivity contribution < 1.29 is 9.59 Å². The second-order valence-corrected chi connectivity index (χ2v) is 6.60. The number of nitrogens with zero attached hydrogens (tertiary/aromatic N) is 2. The molecule has 4 atom stereocenters. The van der Waals surface area contributed by atoms with Crippen LogP contribution in [0.5, 0.6) is 0 Å².